The summed E-state index contributed by atoms with van der Waals surface area (Å²) < 4.78 is 9.00. The zero-order valence-corrected chi connectivity index (χ0v) is 12.5. The number of pyridine rings is 2. The molecule has 0 radical (unpaired) electrons. The van der Waals surface area contributed by atoms with E-state index in [0.717, 1.165) is 16.9 Å². The van der Waals surface area contributed by atoms with Gasteiger partial charge >= 0.3 is 5.97 Å². The predicted molar refractivity (Wildman–Crippen MR) is 84.2 cm³/mol. The first-order valence-electron chi connectivity index (χ1n) is 7.24. The first kappa shape index (κ1) is 13.5. The lowest BCUT2D eigenvalue weighted by molar-refractivity contribution is 0.0462. The molecule has 0 fully saturated rings. The molecular weight excluding hydrogens is 292 g/mol. The summed E-state index contributed by atoms with van der Waals surface area (Å²) in [5.74, 6) is -0.455. The summed E-state index contributed by atoms with van der Waals surface area (Å²) in [6, 6.07) is 9.61. The second-order valence-electron chi connectivity index (χ2n) is 5.37. The predicted octanol–water partition coefficient (Wildman–Crippen LogP) is 2.65. The third kappa shape index (κ3) is 2.55. The number of carbonyl (C=O) groups excluding carboxylic acids is 1. The molecule has 0 bridgehead atoms. The van der Waals surface area contributed by atoms with E-state index in [2.05, 4.69) is 9.97 Å². The molecule has 4 heterocycles. The number of aromatic nitrogens is 4. The smallest absolute Gasteiger partial charge is 0.358 e. The molecule has 6 nitrogen and oxygen atoms in total. The zero-order valence-electron chi connectivity index (χ0n) is 12.5. The van der Waals surface area contributed by atoms with E-state index < -0.39 is 5.97 Å². The van der Waals surface area contributed by atoms with E-state index in [9.17, 15) is 4.79 Å². The average molecular weight is 306 g/mol. The molecule has 0 aliphatic rings. The Balaban J connectivity index is 1.52. The molecule has 0 atom stereocenters. The molecular formula is C17H14N4O2. The van der Waals surface area contributed by atoms with Gasteiger partial charge in [-0.2, -0.15) is 0 Å². The van der Waals surface area contributed by atoms with E-state index in [1.807, 2.05) is 60.2 Å². The molecule has 114 valence electrons. The number of aryl methyl sites for hydroxylation is 1. The molecule has 4 aromatic rings. The Morgan fingerprint density at radius 2 is 1.96 bits per heavy atom. The van der Waals surface area contributed by atoms with Crippen molar-refractivity contribution in [2.45, 2.75) is 13.5 Å². The van der Waals surface area contributed by atoms with E-state index in [4.69, 9.17) is 4.74 Å². The highest BCUT2D eigenvalue weighted by atomic mass is 16.5. The van der Waals surface area contributed by atoms with Gasteiger partial charge in [-0.05, 0) is 36.8 Å². The summed E-state index contributed by atoms with van der Waals surface area (Å²) in [5.41, 5.74) is 3.63. The van der Waals surface area contributed by atoms with Crippen LogP contribution in [-0.4, -0.2) is 24.7 Å². The van der Waals surface area contributed by atoms with E-state index >= 15 is 0 Å². The summed E-state index contributed by atoms with van der Waals surface area (Å²) in [6.45, 7) is 2.10. The quantitative estimate of drug-likeness (QED) is 0.546. The maximum absolute atomic E-state index is 12.2. The normalized spacial score (nSPS) is 11.2. The summed E-state index contributed by atoms with van der Waals surface area (Å²) in [5, 5.41) is 0. The number of nitrogens with zero attached hydrogens (tertiary/aromatic N) is 4. The molecule has 0 amide bonds. The first-order valence-corrected chi connectivity index (χ1v) is 7.24. The molecule has 23 heavy (non-hydrogen) atoms. The largest absolute Gasteiger partial charge is 0.454 e. The standard InChI is InChI=1S/C17H14N4O2/c1-12-5-7-21-10-14(19-16(21)8-12)17(22)23-11-13-9-20-6-3-2-4-15(20)18-13/h2-10H,11H2,1H3. The van der Waals surface area contributed by atoms with Crippen molar-refractivity contribution < 1.29 is 9.53 Å². The van der Waals surface area contributed by atoms with Crippen molar-refractivity contribution in [1.29, 1.82) is 0 Å². The highest BCUT2D eigenvalue weighted by molar-refractivity contribution is 5.87. The van der Waals surface area contributed by atoms with Crippen LogP contribution in [0.3, 0.4) is 0 Å². The van der Waals surface area contributed by atoms with Gasteiger partial charge in [-0.1, -0.05) is 6.07 Å². The summed E-state index contributed by atoms with van der Waals surface area (Å²) in [4.78, 5) is 20.8. The maximum atomic E-state index is 12.2. The van der Waals surface area contributed by atoms with Crippen molar-refractivity contribution in [3.05, 3.63) is 72.1 Å². The van der Waals surface area contributed by atoms with Crippen LogP contribution >= 0.6 is 0 Å². The van der Waals surface area contributed by atoms with Crippen LogP contribution in [0, 0.1) is 6.92 Å². The van der Waals surface area contributed by atoms with Gasteiger partial charge < -0.3 is 13.5 Å². The fraction of sp³-hybridized carbons (Fsp3) is 0.118. The Labute approximate surface area is 132 Å². The monoisotopic (exact) mass is 306 g/mol. The van der Waals surface area contributed by atoms with Crippen LogP contribution < -0.4 is 0 Å². The molecule has 0 aliphatic carbocycles. The van der Waals surface area contributed by atoms with Gasteiger partial charge in [0.1, 0.15) is 17.9 Å². The number of carbonyl (C=O) groups is 1. The van der Waals surface area contributed by atoms with Crippen LogP contribution in [-0.2, 0) is 11.3 Å². The van der Waals surface area contributed by atoms with Gasteiger partial charge in [0.05, 0.1) is 5.69 Å². The zero-order chi connectivity index (χ0) is 15.8. The molecule has 0 saturated carbocycles. The Kier molecular flexibility index (Phi) is 3.08. The average Bonchev–Trinajstić information content (AvgIpc) is 3.15. The van der Waals surface area contributed by atoms with Crippen LogP contribution in [0.4, 0.5) is 0 Å². The lowest BCUT2D eigenvalue weighted by atomic mass is 10.3. The second kappa shape index (κ2) is 5.24. The molecule has 4 rings (SSSR count). The number of imidazole rings is 2. The van der Waals surface area contributed by atoms with Crippen LogP contribution in [0.2, 0.25) is 0 Å². The number of fused-ring (bicyclic) bond motifs is 2. The van der Waals surface area contributed by atoms with Crippen LogP contribution in [0.25, 0.3) is 11.3 Å². The third-order valence-electron chi connectivity index (χ3n) is 3.59. The molecule has 0 aliphatic heterocycles. The Hall–Kier alpha value is -3.15. The Morgan fingerprint density at radius 1 is 1.09 bits per heavy atom. The van der Waals surface area contributed by atoms with Gasteiger partial charge in [-0.15, -0.1) is 0 Å². The molecule has 0 unspecified atom stereocenters. The van der Waals surface area contributed by atoms with Crippen molar-refractivity contribution in [2.24, 2.45) is 0 Å². The van der Waals surface area contributed by atoms with Crippen molar-refractivity contribution in [2.75, 3.05) is 0 Å². The second-order valence-corrected chi connectivity index (χ2v) is 5.37. The topological polar surface area (TPSA) is 60.9 Å². The summed E-state index contributed by atoms with van der Waals surface area (Å²) >= 11 is 0. The molecule has 6 heteroatoms. The van der Waals surface area contributed by atoms with Gasteiger partial charge in [0.15, 0.2) is 5.69 Å². The summed E-state index contributed by atoms with van der Waals surface area (Å²) in [7, 11) is 0. The lowest BCUT2D eigenvalue weighted by Gasteiger charge is -1.98. The fourth-order valence-corrected chi connectivity index (χ4v) is 2.45. The highest BCUT2D eigenvalue weighted by Crippen LogP contribution is 2.10. The molecule has 4 aromatic heterocycles. The van der Waals surface area contributed by atoms with E-state index in [1.165, 1.54) is 0 Å². The number of hydrogen-bond donors (Lipinski definition) is 0. The molecule has 0 N–H and O–H groups in total. The highest BCUT2D eigenvalue weighted by Gasteiger charge is 2.13. The van der Waals surface area contributed by atoms with Crippen molar-refractivity contribution in [3.63, 3.8) is 0 Å². The molecule has 0 spiro atoms. The number of rotatable bonds is 3. The Bertz CT molecular complexity index is 983. The summed E-state index contributed by atoms with van der Waals surface area (Å²) in [6.07, 6.45) is 7.28. The van der Waals surface area contributed by atoms with Crippen molar-refractivity contribution >= 4 is 17.3 Å². The van der Waals surface area contributed by atoms with E-state index in [1.54, 1.807) is 10.6 Å². The Morgan fingerprint density at radius 3 is 2.83 bits per heavy atom. The van der Waals surface area contributed by atoms with Gasteiger partial charge in [0.2, 0.25) is 0 Å². The minimum Gasteiger partial charge on any atom is -0.454 e. The number of ether oxygens (including phenoxy) is 1. The minimum absolute atomic E-state index is 0.118. The van der Waals surface area contributed by atoms with Gasteiger partial charge in [0, 0.05) is 24.8 Å². The number of hydrogen-bond acceptors (Lipinski definition) is 4. The van der Waals surface area contributed by atoms with E-state index in [0.29, 0.717) is 11.4 Å². The molecule has 0 aromatic carbocycles. The first-order chi connectivity index (χ1) is 11.2. The van der Waals surface area contributed by atoms with Crippen molar-refractivity contribution in [1.82, 2.24) is 18.8 Å². The minimum atomic E-state index is -0.455. The van der Waals surface area contributed by atoms with Crippen LogP contribution in [0.5, 0.6) is 0 Å². The van der Waals surface area contributed by atoms with E-state index in [-0.39, 0.29) is 6.61 Å². The maximum Gasteiger partial charge on any atom is 0.358 e. The van der Waals surface area contributed by atoms with Crippen LogP contribution in [0.15, 0.2) is 55.1 Å². The van der Waals surface area contributed by atoms with Gasteiger partial charge in [-0.25, -0.2) is 14.8 Å². The van der Waals surface area contributed by atoms with Crippen molar-refractivity contribution in [3.8, 4) is 0 Å². The SMILES string of the molecule is Cc1ccn2cc(C(=O)OCc3cn4ccccc4n3)nc2c1. The van der Waals surface area contributed by atoms with Gasteiger partial charge in [0.25, 0.3) is 0 Å². The van der Waals surface area contributed by atoms with Gasteiger partial charge in [-0.3, -0.25) is 0 Å². The molecule has 0 saturated heterocycles. The van der Waals surface area contributed by atoms with Crippen LogP contribution in [0.1, 0.15) is 21.7 Å². The lowest BCUT2D eigenvalue weighted by Crippen LogP contribution is -2.05. The fourth-order valence-electron chi connectivity index (χ4n) is 2.45. The number of esters is 1. The third-order valence-corrected chi connectivity index (χ3v) is 3.59.